The molecule has 0 spiro atoms. The summed E-state index contributed by atoms with van der Waals surface area (Å²) in [4.78, 5) is 11.3. The molecule has 10 heteroatoms. The molecule has 2 aliphatic rings. The topological polar surface area (TPSA) is 110 Å². The predicted octanol–water partition coefficient (Wildman–Crippen LogP) is -0.563. The van der Waals surface area contributed by atoms with Crippen LogP contribution >= 0.6 is 0 Å². The van der Waals surface area contributed by atoms with Crippen molar-refractivity contribution in [3.05, 3.63) is 18.2 Å². The van der Waals surface area contributed by atoms with E-state index in [0.29, 0.717) is 11.4 Å². The van der Waals surface area contributed by atoms with Gasteiger partial charge in [0, 0.05) is 13.1 Å². The number of hydrogen-bond donors (Lipinski definition) is 1. The van der Waals surface area contributed by atoms with Crippen molar-refractivity contribution < 1.29 is 26.4 Å². The molecule has 1 aromatic rings. The Kier molecular flexibility index (Phi) is 3.62. The zero-order valence-electron chi connectivity index (χ0n) is 11.5. The molecule has 0 atom stereocenters. The smallest absolute Gasteiger partial charge is 0.262 e. The molecule has 8 nitrogen and oxygen atoms in total. The maximum atomic E-state index is 12.5. The van der Waals surface area contributed by atoms with Crippen molar-refractivity contribution in [3.8, 4) is 5.75 Å². The highest BCUT2D eigenvalue weighted by Gasteiger charge is 2.32. The number of fused-ring (bicyclic) bond motifs is 1. The van der Waals surface area contributed by atoms with Gasteiger partial charge in [0.05, 0.1) is 22.1 Å². The van der Waals surface area contributed by atoms with Gasteiger partial charge in [-0.15, -0.1) is 0 Å². The Balaban J connectivity index is 1.90. The van der Waals surface area contributed by atoms with E-state index in [0.717, 1.165) is 4.31 Å². The van der Waals surface area contributed by atoms with Crippen molar-refractivity contribution in [3.63, 3.8) is 0 Å². The van der Waals surface area contributed by atoms with Crippen molar-refractivity contribution in [2.75, 3.05) is 36.5 Å². The van der Waals surface area contributed by atoms with Crippen molar-refractivity contribution in [1.82, 2.24) is 4.31 Å². The first-order chi connectivity index (χ1) is 10.3. The number of carbonyl (C=O) groups excluding carboxylic acids is 1. The predicted molar refractivity (Wildman–Crippen MR) is 78.0 cm³/mol. The lowest BCUT2D eigenvalue weighted by molar-refractivity contribution is -0.118. The quantitative estimate of drug-likeness (QED) is 0.768. The molecule has 3 rings (SSSR count). The van der Waals surface area contributed by atoms with Crippen molar-refractivity contribution >= 4 is 31.5 Å². The fourth-order valence-corrected chi connectivity index (χ4v) is 5.21. The third-order valence-corrected chi connectivity index (χ3v) is 7.03. The standard InChI is InChI=1S/C12H14N2O6S2/c15-12-8-20-11-2-1-9(7-10(11)13-12)22(18,19)14-3-5-21(16,17)6-4-14/h1-2,7H,3-6,8H2,(H,13,15). The zero-order chi connectivity index (χ0) is 16.0. The lowest BCUT2D eigenvalue weighted by atomic mass is 10.2. The summed E-state index contributed by atoms with van der Waals surface area (Å²) in [5.74, 6) is -0.320. The number of benzene rings is 1. The number of sulfone groups is 1. The van der Waals surface area contributed by atoms with Gasteiger partial charge < -0.3 is 10.1 Å². The highest BCUT2D eigenvalue weighted by atomic mass is 32.2. The molecule has 2 aliphatic heterocycles. The normalized spacial score (nSPS) is 21.5. The number of anilines is 1. The Morgan fingerprint density at radius 1 is 1.18 bits per heavy atom. The van der Waals surface area contributed by atoms with E-state index in [4.69, 9.17) is 4.74 Å². The lowest BCUT2D eigenvalue weighted by Crippen LogP contribution is -2.43. The monoisotopic (exact) mass is 346 g/mol. The molecule has 1 N–H and O–H groups in total. The van der Waals surface area contributed by atoms with Gasteiger partial charge in [0.2, 0.25) is 10.0 Å². The van der Waals surface area contributed by atoms with Crippen LogP contribution in [0.25, 0.3) is 0 Å². The second-order valence-corrected chi connectivity index (χ2v) is 9.29. The molecule has 22 heavy (non-hydrogen) atoms. The van der Waals surface area contributed by atoms with E-state index >= 15 is 0 Å². The minimum absolute atomic E-state index is 0.00338. The van der Waals surface area contributed by atoms with E-state index in [1.54, 1.807) is 0 Å². The molecule has 1 saturated heterocycles. The molecule has 0 radical (unpaired) electrons. The van der Waals surface area contributed by atoms with E-state index in [9.17, 15) is 21.6 Å². The highest BCUT2D eigenvalue weighted by molar-refractivity contribution is 7.92. The third kappa shape index (κ3) is 2.81. The van der Waals surface area contributed by atoms with Crippen LogP contribution in [0.15, 0.2) is 23.1 Å². The summed E-state index contributed by atoms with van der Waals surface area (Å²) < 4.78 is 54.2. The Hall–Kier alpha value is -1.65. The first-order valence-electron chi connectivity index (χ1n) is 6.55. The van der Waals surface area contributed by atoms with Crippen LogP contribution in [-0.4, -0.2) is 58.3 Å². The summed E-state index contributed by atoms with van der Waals surface area (Å²) in [7, 11) is -6.96. The highest BCUT2D eigenvalue weighted by Crippen LogP contribution is 2.31. The number of nitrogens with zero attached hydrogens (tertiary/aromatic N) is 1. The van der Waals surface area contributed by atoms with Crippen molar-refractivity contribution in [2.45, 2.75) is 4.90 Å². The van der Waals surface area contributed by atoms with Gasteiger partial charge in [-0.1, -0.05) is 0 Å². The fraction of sp³-hybridized carbons (Fsp3) is 0.417. The van der Waals surface area contributed by atoms with Crippen molar-refractivity contribution in [1.29, 1.82) is 0 Å². The van der Waals surface area contributed by atoms with Crippen LogP contribution in [0.4, 0.5) is 5.69 Å². The van der Waals surface area contributed by atoms with Crippen LogP contribution in [0.3, 0.4) is 0 Å². The molecule has 0 bridgehead atoms. The average Bonchev–Trinajstić information content (AvgIpc) is 2.46. The number of sulfonamides is 1. The largest absolute Gasteiger partial charge is 0.482 e. The summed E-state index contributed by atoms with van der Waals surface area (Å²) in [5.41, 5.74) is 0.293. The zero-order valence-corrected chi connectivity index (χ0v) is 13.1. The second-order valence-electron chi connectivity index (χ2n) is 5.05. The molecule has 1 amide bonds. The summed E-state index contributed by atoms with van der Waals surface area (Å²) in [5, 5.41) is 2.55. The van der Waals surface area contributed by atoms with E-state index < -0.39 is 19.9 Å². The summed E-state index contributed by atoms with van der Waals surface area (Å²) >= 11 is 0. The van der Waals surface area contributed by atoms with Crippen LogP contribution < -0.4 is 10.1 Å². The van der Waals surface area contributed by atoms with Gasteiger partial charge in [-0.2, -0.15) is 4.31 Å². The molecule has 0 aromatic heterocycles. The fourth-order valence-electron chi connectivity index (χ4n) is 2.31. The number of hydrogen-bond acceptors (Lipinski definition) is 6. The van der Waals surface area contributed by atoms with E-state index in [-0.39, 0.29) is 42.0 Å². The minimum atomic E-state index is -3.80. The molecule has 1 fully saturated rings. The van der Waals surface area contributed by atoms with Crippen LogP contribution in [0, 0.1) is 0 Å². The van der Waals surface area contributed by atoms with E-state index in [1.165, 1.54) is 18.2 Å². The maximum absolute atomic E-state index is 12.5. The third-order valence-electron chi connectivity index (χ3n) is 3.53. The van der Waals surface area contributed by atoms with E-state index in [2.05, 4.69) is 5.32 Å². The number of nitrogens with one attached hydrogen (secondary N) is 1. The number of ether oxygens (including phenoxy) is 1. The molecule has 1 aromatic carbocycles. The van der Waals surface area contributed by atoms with Crippen LogP contribution in [-0.2, 0) is 24.7 Å². The van der Waals surface area contributed by atoms with Gasteiger partial charge in [0.25, 0.3) is 5.91 Å². The Bertz CT molecular complexity index is 817. The second kappa shape index (κ2) is 5.21. The Labute approximate surface area is 128 Å². The van der Waals surface area contributed by atoms with Crippen LogP contribution in [0.1, 0.15) is 0 Å². The maximum Gasteiger partial charge on any atom is 0.262 e. The molecular weight excluding hydrogens is 332 g/mol. The summed E-state index contributed by atoms with van der Waals surface area (Å²) in [6.45, 7) is -0.238. The number of amides is 1. The van der Waals surface area contributed by atoms with E-state index in [1.807, 2.05) is 0 Å². The number of rotatable bonds is 2. The molecular formula is C12H14N2O6S2. The summed E-state index contributed by atoms with van der Waals surface area (Å²) in [6, 6.07) is 4.18. The molecule has 0 aliphatic carbocycles. The average molecular weight is 346 g/mol. The first kappa shape index (κ1) is 15.3. The lowest BCUT2D eigenvalue weighted by Gasteiger charge is -2.26. The van der Waals surface area contributed by atoms with Gasteiger partial charge >= 0.3 is 0 Å². The van der Waals surface area contributed by atoms with Crippen LogP contribution in [0.5, 0.6) is 5.75 Å². The van der Waals surface area contributed by atoms with Gasteiger partial charge in [0.15, 0.2) is 16.4 Å². The molecule has 120 valence electrons. The van der Waals surface area contributed by atoms with Gasteiger partial charge in [0.1, 0.15) is 5.75 Å². The Morgan fingerprint density at radius 3 is 2.55 bits per heavy atom. The van der Waals surface area contributed by atoms with Gasteiger partial charge in [-0.25, -0.2) is 16.8 Å². The first-order valence-corrected chi connectivity index (χ1v) is 9.81. The summed E-state index contributed by atoms with van der Waals surface area (Å²) in [6.07, 6.45) is 0. The van der Waals surface area contributed by atoms with Crippen molar-refractivity contribution in [2.24, 2.45) is 0 Å². The Morgan fingerprint density at radius 2 is 1.86 bits per heavy atom. The molecule has 0 unspecified atom stereocenters. The van der Waals surface area contributed by atoms with Gasteiger partial charge in [-0.05, 0) is 18.2 Å². The molecule has 0 saturated carbocycles. The van der Waals surface area contributed by atoms with Gasteiger partial charge in [-0.3, -0.25) is 4.79 Å². The SMILES string of the molecule is O=C1COc2ccc(S(=O)(=O)N3CCS(=O)(=O)CC3)cc2N1. The minimum Gasteiger partial charge on any atom is -0.482 e. The molecule has 2 heterocycles. The van der Waals surface area contributed by atoms with Crippen LogP contribution in [0.2, 0.25) is 0 Å². The number of carbonyl (C=O) groups is 1.